The van der Waals surface area contributed by atoms with Crippen LogP contribution in [0, 0.1) is 26.6 Å². The van der Waals surface area contributed by atoms with Crippen molar-refractivity contribution in [3.05, 3.63) is 93.7 Å². The highest BCUT2D eigenvalue weighted by Gasteiger charge is 2.38. The van der Waals surface area contributed by atoms with Crippen LogP contribution in [0.5, 0.6) is 5.75 Å². The lowest BCUT2D eigenvalue weighted by atomic mass is 10.0. The van der Waals surface area contributed by atoms with Crippen molar-refractivity contribution in [2.45, 2.75) is 27.7 Å². The number of amides is 1. The second-order valence-electron chi connectivity index (χ2n) is 8.46. The van der Waals surface area contributed by atoms with E-state index in [4.69, 9.17) is 9.47 Å². The topological polar surface area (TPSA) is 60.8 Å². The van der Waals surface area contributed by atoms with Gasteiger partial charge in [-0.3, -0.25) is 9.69 Å². The fourth-order valence-corrected chi connectivity index (χ4v) is 4.52. The molecule has 0 spiro atoms. The lowest BCUT2D eigenvalue weighted by Crippen LogP contribution is -2.24. The van der Waals surface area contributed by atoms with E-state index >= 15 is 0 Å². The van der Waals surface area contributed by atoms with Crippen LogP contribution in [-0.4, -0.2) is 30.7 Å². The highest BCUT2D eigenvalue weighted by atomic mass is 19.1. The lowest BCUT2D eigenvalue weighted by Gasteiger charge is -2.17. The van der Waals surface area contributed by atoms with Crippen molar-refractivity contribution in [1.82, 2.24) is 4.57 Å². The van der Waals surface area contributed by atoms with Crippen LogP contribution in [0.4, 0.5) is 10.1 Å². The van der Waals surface area contributed by atoms with E-state index in [-0.39, 0.29) is 17.1 Å². The van der Waals surface area contributed by atoms with Gasteiger partial charge in [0.25, 0.3) is 5.91 Å². The Morgan fingerprint density at radius 2 is 1.66 bits per heavy atom. The number of methoxy groups -OCH3 is 2. The van der Waals surface area contributed by atoms with Gasteiger partial charge in [0, 0.05) is 22.8 Å². The molecule has 0 aliphatic carbocycles. The lowest BCUT2D eigenvalue weighted by molar-refractivity contribution is -0.136. The first-order valence-electron chi connectivity index (χ1n) is 11.1. The fraction of sp³-hybridized carbons (Fsp3) is 0.214. The van der Waals surface area contributed by atoms with Gasteiger partial charge in [-0.15, -0.1) is 0 Å². The predicted molar refractivity (Wildman–Crippen MR) is 133 cm³/mol. The average molecular weight is 475 g/mol. The van der Waals surface area contributed by atoms with Gasteiger partial charge in [0.2, 0.25) is 0 Å². The third-order valence-corrected chi connectivity index (χ3v) is 6.22. The molecule has 3 aromatic rings. The Kier molecular flexibility index (Phi) is 6.35. The quantitative estimate of drug-likeness (QED) is 0.366. The van der Waals surface area contributed by atoms with Crippen LogP contribution < -0.4 is 9.64 Å². The SMILES string of the molecule is COC(=O)C1=C(C)N(c2ccc(F)cc2)C(=O)/C1=C\c1cc(C)n(-c2cc(C)ccc2OC)c1C. The maximum atomic E-state index is 13.5. The Hall–Kier alpha value is -4.13. The number of anilines is 1. The van der Waals surface area contributed by atoms with Crippen LogP contribution in [0.25, 0.3) is 11.8 Å². The number of esters is 1. The van der Waals surface area contributed by atoms with Gasteiger partial charge < -0.3 is 14.0 Å². The van der Waals surface area contributed by atoms with Gasteiger partial charge in [0.1, 0.15) is 11.6 Å². The monoisotopic (exact) mass is 474 g/mol. The third-order valence-electron chi connectivity index (χ3n) is 6.22. The van der Waals surface area contributed by atoms with E-state index in [1.807, 2.05) is 45.0 Å². The number of carbonyl (C=O) groups excluding carboxylic acids is 2. The number of hydrogen-bond donors (Lipinski definition) is 0. The Labute approximate surface area is 203 Å². The summed E-state index contributed by atoms with van der Waals surface area (Å²) >= 11 is 0. The molecule has 0 radical (unpaired) electrons. The van der Waals surface area contributed by atoms with Gasteiger partial charge in [-0.1, -0.05) is 6.07 Å². The summed E-state index contributed by atoms with van der Waals surface area (Å²) < 4.78 is 26.1. The molecule has 4 rings (SSSR count). The van der Waals surface area contributed by atoms with Gasteiger partial charge in [-0.2, -0.15) is 0 Å². The number of rotatable bonds is 5. The van der Waals surface area contributed by atoms with Crippen molar-refractivity contribution in [2.75, 3.05) is 19.1 Å². The first-order chi connectivity index (χ1) is 16.7. The molecule has 0 atom stereocenters. The van der Waals surface area contributed by atoms with Gasteiger partial charge >= 0.3 is 5.97 Å². The maximum Gasteiger partial charge on any atom is 0.340 e. The van der Waals surface area contributed by atoms with Crippen molar-refractivity contribution in [2.24, 2.45) is 0 Å². The number of carbonyl (C=O) groups is 2. The number of hydrogen-bond acceptors (Lipinski definition) is 4. The molecule has 1 aromatic heterocycles. The number of halogens is 1. The Morgan fingerprint density at radius 1 is 0.971 bits per heavy atom. The normalized spacial score (nSPS) is 14.8. The minimum atomic E-state index is -0.610. The first kappa shape index (κ1) is 24.0. The molecular weight excluding hydrogens is 447 g/mol. The second kappa shape index (κ2) is 9.25. The first-order valence-corrected chi connectivity index (χ1v) is 11.1. The zero-order valence-electron chi connectivity index (χ0n) is 20.6. The van der Waals surface area contributed by atoms with E-state index in [1.54, 1.807) is 20.1 Å². The van der Waals surface area contributed by atoms with Crippen LogP contribution in [0.2, 0.25) is 0 Å². The maximum absolute atomic E-state index is 13.5. The van der Waals surface area contributed by atoms with E-state index in [0.29, 0.717) is 11.4 Å². The van der Waals surface area contributed by atoms with Gasteiger partial charge in [-0.25, -0.2) is 9.18 Å². The molecule has 2 heterocycles. The van der Waals surface area contributed by atoms with Crippen LogP contribution in [0.1, 0.15) is 29.4 Å². The second-order valence-corrected chi connectivity index (χ2v) is 8.46. The summed E-state index contributed by atoms with van der Waals surface area (Å²) in [5, 5.41) is 0. The Morgan fingerprint density at radius 3 is 2.29 bits per heavy atom. The Bertz CT molecular complexity index is 1400. The molecule has 0 fully saturated rings. The van der Waals surface area contributed by atoms with E-state index < -0.39 is 11.8 Å². The van der Waals surface area contributed by atoms with Crippen LogP contribution in [-0.2, 0) is 14.3 Å². The van der Waals surface area contributed by atoms with E-state index in [2.05, 4.69) is 4.57 Å². The third kappa shape index (κ3) is 4.14. The van der Waals surface area contributed by atoms with E-state index in [0.717, 1.165) is 34.0 Å². The molecular formula is C28H27FN2O4. The number of aromatic nitrogens is 1. The van der Waals surface area contributed by atoms with E-state index in [1.165, 1.54) is 36.3 Å². The number of benzene rings is 2. The number of nitrogens with zero attached hydrogens (tertiary/aromatic N) is 2. The molecule has 0 bridgehead atoms. The molecule has 1 aliphatic heterocycles. The minimum absolute atomic E-state index is 0.180. The summed E-state index contributed by atoms with van der Waals surface area (Å²) in [6.45, 7) is 7.61. The molecule has 35 heavy (non-hydrogen) atoms. The van der Waals surface area contributed by atoms with Crippen LogP contribution in [0.15, 0.2) is 65.4 Å². The number of allylic oxidation sites excluding steroid dienone is 1. The summed E-state index contributed by atoms with van der Waals surface area (Å²) in [4.78, 5) is 27.7. The molecule has 2 aromatic carbocycles. The summed E-state index contributed by atoms with van der Waals surface area (Å²) in [5.41, 5.74) is 5.87. The van der Waals surface area contributed by atoms with Crippen molar-refractivity contribution in [3.8, 4) is 11.4 Å². The number of aryl methyl sites for hydroxylation is 2. The van der Waals surface area contributed by atoms with E-state index in [9.17, 15) is 14.0 Å². The summed E-state index contributed by atoms with van der Waals surface area (Å²) in [6, 6.07) is 13.5. The fourth-order valence-electron chi connectivity index (χ4n) is 4.52. The minimum Gasteiger partial charge on any atom is -0.495 e. The molecule has 7 heteroatoms. The molecule has 1 amide bonds. The highest BCUT2D eigenvalue weighted by molar-refractivity contribution is 6.23. The highest BCUT2D eigenvalue weighted by Crippen LogP contribution is 2.37. The molecule has 0 saturated carbocycles. The number of ether oxygens (including phenoxy) is 2. The van der Waals surface area contributed by atoms with Crippen molar-refractivity contribution < 1.29 is 23.5 Å². The zero-order chi connectivity index (χ0) is 25.4. The standard InChI is InChI=1S/C28H27FN2O4/c1-16-7-12-25(34-5)24(13-16)30-17(2)14-20(18(30)3)15-23-26(28(33)35-6)19(4)31(27(23)32)22-10-8-21(29)9-11-22/h7-15H,1-6H3/b23-15-. The predicted octanol–water partition coefficient (Wildman–Crippen LogP) is 5.43. The molecule has 0 unspecified atom stereocenters. The smallest absolute Gasteiger partial charge is 0.340 e. The van der Waals surface area contributed by atoms with Crippen molar-refractivity contribution >= 4 is 23.6 Å². The molecule has 0 N–H and O–H groups in total. The van der Waals surface area contributed by atoms with Crippen molar-refractivity contribution in [1.29, 1.82) is 0 Å². The summed E-state index contributed by atoms with van der Waals surface area (Å²) in [6.07, 6.45) is 1.71. The largest absolute Gasteiger partial charge is 0.495 e. The molecule has 180 valence electrons. The summed E-state index contributed by atoms with van der Waals surface area (Å²) in [7, 11) is 2.91. The van der Waals surface area contributed by atoms with Crippen molar-refractivity contribution in [3.63, 3.8) is 0 Å². The van der Waals surface area contributed by atoms with Crippen LogP contribution >= 0.6 is 0 Å². The summed E-state index contributed by atoms with van der Waals surface area (Å²) in [5.74, 6) is -0.680. The van der Waals surface area contributed by atoms with Gasteiger partial charge in [0.05, 0.1) is 31.1 Å². The molecule has 0 saturated heterocycles. The molecule has 1 aliphatic rings. The van der Waals surface area contributed by atoms with Gasteiger partial charge in [-0.05, 0) is 87.4 Å². The van der Waals surface area contributed by atoms with Gasteiger partial charge in [0.15, 0.2) is 0 Å². The zero-order valence-corrected chi connectivity index (χ0v) is 20.6. The molecule has 6 nitrogen and oxygen atoms in total. The average Bonchev–Trinajstić information content (AvgIpc) is 3.25. The Balaban J connectivity index is 1.87. The van der Waals surface area contributed by atoms with Crippen LogP contribution in [0.3, 0.4) is 0 Å².